The molecule has 10 heteroatoms. The number of amides is 2. The molecule has 0 aromatic heterocycles. The molecule has 3 aromatic rings. The molecule has 2 unspecified atom stereocenters. The molecule has 0 radical (unpaired) electrons. The summed E-state index contributed by atoms with van der Waals surface area (Å²) in [5, 5.41) is 45.7. The van der Waals surface area contributed by atoms with Crippen molar-refractivity contribution in [2.45, 2.75) is 25.5 Å². The molecule has 0 saturated heterocycles. The van der Waals surface area contributed by atoms with Crippen molar-refractivity contribution in [2.75, 3.05) is 13.1 Å². The highest BCUT2D eigenvalue weighted by molar-refractivity contribution is 6.01. The molecule has 192 valence electrons. The number of hydrogen-bond acceptors (Lipinski definition) is 8. The van der Waals surface area contributed by atoms with Crippen LogP contribution in [0.5, 0.6) is 23.0 Å². The van der Waals surface area contributed by atoms with Gasteiger partial charge in [-0.05, 0) is 30.7 Å². The van der Waals surface area contributed by atoms with Gasteiger partial charge in [0.1, 0.15) is 6.10 Å². The highest BCUT2D eigenvalue weighted by atomic mass is 16.5. The summed E-state index contributed by atoms with van der Waals surface area (Å²) in [5.74, 6) is -2.59. The zero-order chi connectivity index (χ0) is 26.5. The smallest absolute Gasteiger partial charge is 0.255 e. The Morgan fingerprint density at radius 1 is 0.865 bits per heavy atom. The molecule has 0 fully saturated rings. The lowest BCUT2D eigenvalue weighted by Gasteiger charge is -2.14. The van der Waals surface area contributed by atoms with E-state index in [2.05, 4.69) is 15.6 Å². The van der Waals surface area contributed by atoms with E-state index in [1.165, 1.54) is 24.3 Å². The first-order valence-corrected chi connectivity index (χ1v) is 11.7. The topological polar surface area (TPSA) is 161 Å². The number of hydrogen-bond donors (Lipinski definition) is 6. The van der Waals surface area contributed by atoms with E-state index in [0.717, 1.165) is 5.56 Å². The molecule has 37 heavy (non-hydrogen) atoms. The zero-order valence-electron chi connectivity index (χ0n) is 20.0. The summed E-state index contributed by atoms with van der Waals surface area (Å²) in [4.78, 5) is 29.3. The van der Waals surface area contributed by atoms with Crippen LogP contribution >= 0.6 is 0 Å². The van der Waals surface area contributed by atoms with Crippen LogP contribution in [0.3, 0.4) is 0 Å². The molecular formula is C27H27N3O7. The van der Waals surface area contributed by atoms with Crippen molar-refractivity contribution in [3.8, 4) is 23.0 Å². The second kappa shape index (κ2) is 10.9. The number of carbonyl (C=O) groups is 2. The molecule has 10 nitrogen and oxygen atoms in total. The van der Waals surface area contributed by atoms with Crippen LogP contribution in [-0.4, -0.2) is 63.4 Å². The van der Waals surface area contributed by atoms with Gasteiger partial charge in [-0.1, -0.05) is 42.5 Å². The number of phenols is 4. The van der Waals surface area contributed by atoms with E-state index >= 15 is 0 Å². The second-order valence-electron chi connectivity index (χ2n) is 8.55. The Morgan fingerprint density at radius 2 is 1.59 bits per heavy atom. The molecule has 0 aliphatic carbocycles. The zero-order valence-corrected chi connectivity index (χ0v) is 20.0. The van der Waals surface area contributed by atoms with E-state index in [-0.39, 0.29) is 47.4 Å². The van der Waals surface area contributed by atoms with E-state index in [9.17, 15) is 30.0 Å². The van der Waals surface area contributed by atoms with E-state index in [1.54, 1.807) is 13.0 Å². The number of para-hydroxylation sites is 1. The lowest BCUT2D eigenvalue weighted by molar-refractivity contribution is -0.123. The molecule has 1 heterocycles. The van der Waals surface area contributed by atoms with Gasteiger partial charge in [-0.15, -0.1) is 0 Å². The van der Waals surface area contributed by atoms with Crippen LogP contribution in [0.15, 0.2) is 65.7 Å². The fourth-order valence-corrected chi connectivity index (χ4v) is 3.94. The van der Waals surface area contributed by atoms with E-state index < -0.39 is 29.7 Å². The largest absolute Gasteiger partial charge is 0.504 e. The summed E-state index contributed by atoms with van der Waals surface area (Å²) < 4.78 is 5.59. The number of aromatic hydroxyl groups is 4. The predicted octanol–water partition coefficient (Wildman–Crippen LogP) is 2.18. The predicted molar refractivity (Wildman–Crippen MR) is 135 cm³/mol. The van der Waals surface area contributed by atoms with Crippen LogP contribution in [0.2, 0.25) is 0 Å². The van der Waals surface area contributed by atoms with Crippen molar-refractivity contribution in [2.24, 2.45) is 4.99 Å². The molecular weight excluding hydrogens is 478 g/mol. The van der Waals surface area contributed by atoms with Gasteiger partial charge in [0.25, 0.3) is 5.91 Å². The molecule has 4 rings (SSSR count). The molecule has 3 aromatic carbocycles. The molecule has 0 spiro atoms. The third kappa shape index (κ3) is 5.58. The minimum Gasteiger partial charge on any atom is -0.504 e. The number of phenolic OH excluding ortho intramolecular Hbond substituents is 4. The number of rotatable bonds is 8. The van der Waals surface area contributed by atoms with Gasteiger partial charge in [0.05, 0.1) is 11.1 Å². The first kappa shape index (κ1) is 25.4. The second-order valence-corrected chi connectivity index (χ2v) is 8.55. The number of carbonyl (C=O) groups excluding carboxylic acids is 2. The van der Waals surface area contributed by atoms with E-state index in [1.807, 2.05) is 30.3 Å². The number of aliphatic imine (C=N–C) groups is 1. The number of nitrogens with zero attached hydrogens (tertiary/aromatic N) is 1. The first-order valence-electron chi connectivity index (χ1n) is 11.7. The van der Waals surface area contributed by atoms with Crippen molar-refractivity contribution in [1.82, 2.24) is 10.6 Å². The molecule has 1 aliphatic rings. The summed E-state index contributed by atoms with van der Waals surface area (Å²) >= 11 is 0. The fourth-order valence-electron chi connectivity index (χ4n) is 3.94. The third-order valence-electron chi connectivity index (χ3n) is 5.94. The monoisotopic (exact) mass is 505 g/mol. The van der Waals surface area contributed by atoms with Crippen LogP contribution in [-0.2, 0) is 16.0 Å². The maximum atomic E-state index is 12.6. The lowest BCUT2D eigenvalue weighted by Crippen LogP contribution is -2.41. The molecule has 2 atom stereocenters. The highest BCUT2D eigenvalue weighted by Crippen LogP contribution is 2.34. The Kier molecular flexibility index (Phi) is 7.47. The minimum absolute atomic E-state index is 0.0420. The minimum atomic E-state index is -0.884. The van der Waals surface area contributed by atoms with Gasteiger partial charge in [0.15, 0.2) is 29.0 Å². The number of nitrogens with one attached hydrogen (secondary N) is 2. The Hall–Kier alpha value is -4.73. The van der Waals surface area contributed by atoms with Crippen molar-refractivity contribution in [3.05, 3.63) is 82.9 Å². The Morgan fingerprint density at radius 3 is 2.35 bits per heavy atom. The standard InChI is InChI=1S/C27H27N3O7/c1-15-21(30-27(37-15)19-8-5-9-20(31)23(19)33)26(36)29-13-12-28-25(35)18-11-10-17(22(32)24(18)34)14-16-6-3-2-4-7-16/h2-11,15,21,31-34H,12-14H2,1H3,(H,28,35)(H,29,36). The van der Waals surface area contributed by atoms with Crippen molar-refractivity contribution in [1.29, 1.82) is 0 Å². The van der Waals surface area contributed by atoms with Gasteiger partial charge in [-0.25, -0.2) is 4.99 Å². The first-order chi connectivity index (χ1) is 17.8. The molecule has 2 amide bonds. The quantitative estimate of drug-likeness (QED) is 0.202. The van der Waals surface area contributed by atoms with Gasteiger partial charge in [-0.2, -0.15) is 0 Å². The van der Waals surface area contributed by atoms with Crippen molar-refractivity contribution < 1.29 is 34.8 Å². The van der Waals surface area contributed by atoms with Gasteiger partial charge < -0.3 is 35.8 Å². The molecule has 1 aliphatic heterocycles. The molecule has 0 bridgehead atoms. The average molecular weight is 506 g/mol. The summed E-state index contributed by atoms with van der Waals surface area (Å²) in [5.41, 5.74) is 1.52. The summed E-state index contributed by atoms with van der Waals surface area (Å²) in [6.45, 7) is 1.79. The fraction of sp³-hybridized carbons (Fsp3) is 0.222. The van der Waals surface area contributed by atoms with E-state index in [4.69, 9.17) is 4.74 Å². The van der Waals surface area contributed by atoms with Crippen LogP contribution in [0.4, 0.5) is 0 Å². The van der Waals surface area contributed by atoms with E-state index in [0.29, 0.717) is 12.0 Å². The van der Waals surface area contributed by atoms with Crippen molar-refractivity contribution >= 4 is 17.7 Å². The molecule has 6 N–H and O–H groups in total. The normalized spacial score (nSPS) is 16.5. The van der Waals surface area contributed by atoms with Crippen LogP contribution in [0.25, 0.3) is 0 Å². The van der Waals surface area contributed by atoms with Gasteiger partial charge in [-0.3, -0.25) is 9.59 Å². The van der Waals surface area contributed by atoms with Crippen LogP contribution < -0.4 is 10.6 Å². The number of benzene rings is 3. The average Bonchev–Trinajstić information content (AvgIpc) is 3.28. The van der Waals surface area contributed by atoms with Crippen molar-refractivity contribution in [3.63, 3.8) is 0 Å². The van der Waals surface area contributed by atoms with Gasteiger partial charge in [0.2, 0.25) is 11.8 Å². The Balaban J connectivity index is 1.30. The Labute approximate surface area is 212 Å². The third-order valence-corrected chi connectivity index (χ3v) is 5.94. The maximum Gasteiger partial charge on any atom is 0.255 e. The van der Waals surface area contributed by atoms with Crippen LogP contribution in [0, 0.1) is 0 Å². The lowest BCUT2D eigenvalue weighted by atomic mass is 10.0. The summed E-state index contributed by atoms with van der Waals surface area (Å²) in [7, 11) is 0. The number of ether oxygens (including phenoxy) is 1. The Bertz CT molecular complexity index is 1340. The molecule has 0 saturated carbocycles. The van der Waals surface area contributed by atoms with Crippen LogP contribution in [0.1, 0.15) is 34.0 Å². The van der Waals surface area contributed by atoms with Gasteiger partial charge >= 0.3 is 0 Å². The maximum absolute atomic E-state index is 12.6. The SMILES string of the molecule is CC1OC(c2cccc(O)c2O)=NC1C(=O)NCCNC(=O)c1ccc(Cc2ccccc2)c(O)c1O. The summed E-state index contributed by atoms with van der Waals surface area (Å²) in [6.07, 6.45) is -0.215. The highest BCUT2D eigenvalue weighted by Gasteiger charge is 2.34. The summed E-state index contributed by atoms with van der Waals surface area (Å²) in [6, 6.07) is 15.9. The van der Waals surface area contributed by atoms with Gasteiger partial charge in [0, 0.05) is 25.1 Å².